The molecular weight excluding hydrogens is 348 g/mol. The van der Waals surface area contributed by atoms with Gasteiger partial charge in [0, 0.05) is 4.88 Å². The molecule has 0 aliphatic heterocycles. The maximum absolute atomic E-state index is 12.2. The van der Waals surface area contributed by atoms with E-state index in [0.29, 0.717) is 11.3 Å². The van der Waals surface area contributed by atoms with E-state index in [-0.39, 0.29) is 5.75 Å². The lowest BCUT2D eigenvalue weighted by Gasteiger charge is -2.13. The van der Waals surface area contributed by atoms with Gasteiger partial charge in [-0.25, -0.2) is 8.42 Å². The Morgan fingerprint density at radius 2 is 1.92 bits per heavy atom. The lowest BCUT2D eigenvalue weighted by atomic mass is 10.1. The highest BCUT2D eigenvalue weighted by Crippen LogP contribution is 2.28. The van der Waals surface area contributed by atoms with Gasteiger partial charge in [0.15, 0.2) is 9.84 Å². The first-order valence-corrected chi connectivity index (χ1v) is 10.8. The van der Waals surface area contributed by atoms with Gasteiger partial charge >= 0.3 is 0 Å². The van der Waals surface area contributed by atoms with E-state index in [4.69, 9.17) is 0 Å². The maximum Gasteiger partial charge on any atom is 0.279 e. The number of nitrogens with one attached hydrogen (secondary N) is 2. The highest BCUT2D eigenvalue weighted by Gasteiger charge is 2.27. The number of hydrogen-bond acceptors (Lipinski definition) is 5. The fourth-order valence-corrected chi connectivity index (χ4v) is 5.14. The van der Waals surface area contributed by atoms with E-state index in [2.05, 4.69) is 10.9 Å². The second-order valence-electron chi connectivity index (χ2n) is 6.07. The second-order valence-corrected chi connectivity index (χ2v) is 9.65. The molecule has 0 saturated heterocycles. The third-order valence-electron chi connectivity index (χ3n) is 4.17. The molecule has 6 nitrogen and oxygen atoms in total. The van der Waals surface area contributed by atoms with Crippen LogP contribution in [0.1, 0.15) is 59.6 Å². The Balaban J connectivity index is 1.94. The van der Waals surface area contributed by atoms with Crippen LogP contribution in [-0.4, -0.2) is 31.2 Å². The number of rotatable bonds is 5. The Bertz CT molecular complexity index is 686. The van der Waals surface area contributed by atoms with Crippen LogP contribution in [0.2, 0.25) is 0 Å². The minimum Gasteiger partial charge on any atom is -0.272 e. The molecule has 0 saturated carbocycles. The molecular formula is C16H24N2O4S2. The average molecular weight is 373 g/mol. The SMILES string of the molecule is CCCS(=O)(=O)C(C)C(=O)NNC(=O)c1cc2c(s1)CCCCC2. The molecule has 1 aliphatic carbocycles. The van der Waals surface area contributed by atoms with Crippen LogP contribution in [0.5, 0.6) is 0 Å². The predicted octanol–water partition coefficient (Wildman–Crippen LogP) is 1.99. The molecule has 1 aromatic rings. The van der Waals surface area contributed by atoms with Crippen molar-refractivity contribution in [3.8, 4) is 0 Å². The van der Waals surface area contributed by atoms with E-state index >= 15 is 0 Å². The molecule has 0 spiro atoms. The van der Waals surface area contributed by atoms with Crippen LogP contribution in [0.15, 0.2) is 6.07 Å². The summed E-state index contributed by atoms with van der Waals surface area (Å²) in [6.45, 7) is 3.07. The lowest BCUT2D eigenvalue weighted by molar-refractivity contribution is -0.121. The summed E-state index contributed by atoms with van der Waals surface area (Å²) in [5.41, 5.74) is 5.77. The minimum atomic E-state index is -3.49. The summed E-state index contributed by atoms with van der Waals surface area (Å²) >= 11 is 1.45. The van der Waals surface area contributed by atoms with Crippen LogP contribution >= 0.6 is 11.3 Å². The number of hydrogen-bond donors (Lipinski definition) is 2. The standard InChI is InChI=1S/C16H24N2O4S2/c1-3-9-24(21,22)11(2)15(19)17-18-16(20)14-10-12-7-5-4-6-8-13(12)23-14/h10-11H,3-9H2,1-2H3,(H,17,19)(H,18,20). The van der Waals surface area contributed by atoms with E-state index in [0.717, 1.165) is 25.7 Å². The van der Waals surface area contributed by atoms with Crippen LogP contribution < -0.4 is 10.9 Å². The number of carbonyl (C=O) groups is 2. The van der Waals surface area contributed by atoms with Crippen LogP contribution in [0.4, 0.5) is 0 Å². The predicted molar refractivity (Wildman–Crippen MR) is 94.7 cm³/mol. The van der Waals surface area contributed by atoms with Crippen molar-refractivity contribution in [2.75, 3.05) is 5.75 Å². The van der Waals surface area contributed by atoms with Gasteiger partial charge in [0.2, 0.25) is 0 Å². The van der Waals surface area contributed by atoms with Gasteiger partial charge in [-0.15, -0.1) is 11.3 Å². The molecule has 134 valence electrons. The first kappa shape index (κ1) is 18.9. The molecule has 2 amide bonds. The molecule has 1 unspecified atom stereocenters. The Kier molecular flexibility index (Phi) is 6.40. The molecule has 1 aliphatic rings. The maximum atomic E-state index is 12.2. The fourth-order valence-electron chi connectivity index (χ4n) is 2.69. The van der Waals surface area contributed by atoms with Crippen LogP contribution in [-0.2, 0) is 27.5 Å². The van der Waals surface area contributed by atoms with Crippen molar-refractivity contribution >= 4 is 33.0 Å². The first-order valence-electron chi connectivity index (χ1n) is 8.28. The number of aryl methyl sites for hydroxylation is 2. The highest BCUT2D eigenvalue weighted by molar-refractivity contribution is 7.92. The monoisotopic (exact) mass is 372 g/mol. The summed E-state index contributed by atoms with van der Waals surface area (Å²) in [6, 6.07) is 1.88. The van der Waals surface area contributed by atoms with Gasteiger partial charge in [-0.1, -0.05) is 13.3 Å². The zero-order valence-corrected chi connectivity index (χ0v) is 15.7. The smallest absolute Gasteiger partial charge is 0.272 e. The second kappa shape index (κ2) is 8.11. The Morgan fingerprint density at radius 1 is 1.21 bits per heavy atom. The Labute approximate surface area is 146 Å². The number of thiophene rings is 1. The van der Waals surface area contributed by atoms with Gasteiger partial charge in [-0.05, 0) is 50.7 Å². The van der Waals surface area contributed by atoms with Crippen LogP contribution in [0.3, 0.4) is 0 Å². The summed E-state index contributed by atoms with van der Waals surface area (Å²) in [6.07, 6.45) is 5.91. The van der Waals surface area contributed by atoms with Gasteiger partial charge in [0.1, 0.15) is 5.25 Å². The molecule has 1 aromatic heterocycles. The molecule has 8 heteroatoms. The third kappa shape index (κ3) is 4.57. The number of fused-ring (bicyclic) bond motifs is 1. The lowest BCUT2D eigenvalue weighted by Crippen LogP contribution is -2.48. The van der Waals surface area contributed by atoms with Crippen molar-refractivity contribution in [1.29, 1.82) is 0 Å². The van der Waals surface area contributed by atoms with Crippen molar-refractivity contribution < 1.29 is 18.0 Å². The van der Waals surface area contributed by atoms with Crippen molar-refractivity contribution in [3.63, 3.8) is 0 Å². The zero-order chi connectivity index (χ0) is 17.7. The van der Waals surface area contributed by atoms with E-state index in [1.54, 1.807) is 6.92 Å². The molecule has 0 bridgehead atoms. The van der Waals surface area contributed by atoms with Crippen LogP contribution in [0.25, 0.3) is 0 Å². The zero-order valence-electron chi connectivity index (χ0n) is 14.1. The minimum absolute atomic E-state index is 0.0484. The normalized spacial score (nSPS) is 15.9. The number of carbonyl (C=O) groups excluding carboxylic acids is 2. The summed E-state index contributed by atoms with van der Waals surface area (Å²) in [4.78, 5) is 25.9. The first-order chi connectivity index (χ1) is 11.3. The Hall–Kier alpha value is -1.41. The van der Waals surface area contributed by atoms with Gasteiger partial charge in [-0.2, -0.15) is 0 Å². The van der Waals surface area contributed by atoms with Gasteiger partial charge in [0.25, 0.3) is 11.8 Å². The van der Waals surface area contributed by atoms with Crippen molar-refractivity contribution in [1.82, 2.24) is 10.9 Å². The molecule has 2 rings (SSSR count). The number of hydrazine groups is 1. The number of amides is 2. The van der Waals surface area contributed by atoms with Gasteiger partial charge < -0.3 is 0 Å². The van der Waals surface area contributed by atoms with E-state index in [9.17, 15) is 18.0 Å². The third-order valence-corrected chi connectivity index (χ3v) is 7.67. The summed E-state index contributed by atoms with van der Waals surface area (Å²) < 4.78 is 23.8. The molecule has 1 atom stereocenters. The van der Waals surface area contributed by atoms with E-state index in [1.165, 1.54) is 35.1 Å². The fraction of sp³-hybridized carbons (Fsp3) is 0.625. The summed E-state index contributed by atoms with van der Waals surface area (Å²) in [5, 5.41) is -1.18. The molecule has 2 N–H and O–H groups in total. The largest absolute Gasteiger partial charge is 0.279 e. The molecule has 24 heavy (non-hydrogen) atoms. The molecule has 1 heterocycles. The van der Waals surface area contributed by atoms with E-state index < -0.39 is 26.9 Å². The molecule has 0 fully saturated rings. The highest BCUT2D eigenvalue weighted by atomic mass is 32.2. The van der Waals surface area contributed by atoms with Crippen LogP contribution in [0, 0.1) is 0 Å². The summed E-state index contributed by atoms with van der Waals surface area (Å²) in [7, 11) is -3.49. The van der Waals surface area contributed by atoms with E-state index in [1.807, 2.05) is 6.07 Å². The summed E-state index contributed by atoms with van der Waals surface area (Å²) in [5.74, 6) is -1.16. The Morgan fingerprint density at radius 3 is 2.62 bits per heavy atom. The van der Waals surface area contributed by atoms with Crippen molar-refractivity contribution in [3.05, 3.63) is 21.4 Å². The molecule has 0 radical (unpaired) electrons. The molecule has 0 aromatic carbocycles. The van der Waals surface area contributed by atoms with Crippen molar-refractivity contribution in [2.45, 2.75) is 57.6 Å². The quantitative estimate of drug-likeness (QED) is 0.611. The van der Waals surface area contributed by atoms with Crippen molar-refractivity contribution in [2.24, 2.45) is 0 Å². The number of sulfone groups is 1. The van der Waals surface area contributed by atoms with Gasteiger partial charge in [-0.3, -0.25) is 20.4 Å². The van der Waals surface area contributed by atoms with Gasteiger partial charge in [0.05, 0.1) is 10.6 Å². The average Bonchev–Trinajstić information content (AvgIpc) is 2.82. The topological polar surface area (TPSA) is 92.3 Å².